The van der Waals surface area contributed by atoms with Crippen LogP contribution in [0.15, 0.2) is 23.1 Å². The van der Waals surface area contributed by atoms with E-state index in [1.54, 1.807) is 6.07 Å². The smallest absolute Gasteiger partial charge is 0.264 e. The van der Waals surface area contributed by atoms with Crippen molar-refractivity contribution in [2.45, 2.75) is 52.4 Å². The summed E-state index contributed by atoms with van der Waals surface area (Å²) in [6.07, 6.45) is 9.20. The normalized spacial score (nSPS) is 9.67. The van der Waals surface area contributed by atoms with Gasteiger partial charge in [-0.3, -0.25) is 4.79 Å². The Kier molecular flexibility index (Phi) is 13.0. The minimum absolute atomic E-state index is 0.164. The van der Waals surface area contributed by atoms with E-state index in [-0.39, 0.29) is 5.56 Å². The highest BCUT2D eigenvalue weighted by molar-refractivity contribution is 4.81. The Morgan fingerprint density at radius 2 is 1.72 bits per heavy atom. The molecule has 1 heterocycles. The molecule has 4 nitrogen and oxygen atoms in total. The third-order valence-corrected chi connectivity index (χ3v) is 2.37. The minimum atomic E-state index is -0.164. The molecule has 0 atom stereocenters. The van der Waals surface area contributed by atoms with Gasteiger partial charge in [0, 0.05) is 25.5 Å². The van der Waals surface area contributed by atoms with Crippen LogP contribution >= 0.6 is 0 Å². The molecule has 0 saturated heterocycles. The third kappa shape index (κ3) is 12.9. The quantitative estimate of drug-likeness (QED) is 0.725. The first kappa shape index (κ1) is 16.8. The van der Waals surface area contributed by atoms with Crippen LogP contribution in [0.3, 0.4) is 0 Å². The lowest BCUT2D eigenvalue weighted by atomic mass is 10.2. The molecule has 0 aromatic carbocycles. The predicted octanol–water partition coefficient (Wildman–Crippen LogP) is 3.15. The minimum Gasteiger partial charge on any atom is -0.381 e. The molecule has 0 amide bonds. The Bertz CT molecular complexity index is 287. The number of aromatic nitrogens is 2. The van der Waals surface area contributed by atoms with E-state index in [1.165, 1.54) is 50.8 Å². The molecule has 0 fully saturated rings. The van der Waals surface area contributed by atoms with E-state index in [4.69, 9.17) is 4.74 Å². The first-order chi connectivity index (χ1) is 8.81. The van der Waals surface area contributed by atoms with Crippen LogP contribution < -0.4 is 5.56 Å². The van der Waals surface area contributed by atoms with Crippen molar-refractivity contribution in [3.63, 3.8) is 0 Å². The van der Waals surface area contributed by atoms with Gasteiger partial charge in [-0.15, -0.1) is 0 Å². The van der Waals surface area contributed by atoms with Crippen LogP contribution in [0.25, 0.3) is 0 Å². The molecule has 1 aromatic rings. The molecule has 0 aliphatic carbocycles. The molecule has 1 rings (SSSR count). The van der Waals surface area contributed by atoms with E-state index >= 15 is 0 Å². The summed E-state index contributed by atoms with van der Waals surface area (Å²) < 4.78 is 5.44. The predicted molar refractivity (Wildman–Crippen MR) is 74.7 cm³/mol. The maximum absolute atomic E-state index is 10.2. The van der Waals surface area contributed by atoms with Crippen LogP contribution in [-0.4, -0.2) is 23.4 Å². The molecule has 0 spiro atoms. The highest BCUT2D eigenvalue weighted by Gasteiger charge is 1.88. The van der Waals surface area contributed by atoms with Crippen LogP contribution in [-0.2, 0) is 4.74 Å². The number of unbranched alkanes of at least 4 members (excludes halogenated alkanes) is 4. The SMILES string of the molecule is CCCCCOCCCCC.O=c1cccn[nH]1. The number of nitrogens with zero attached hydrogens (tertiary/aromatic N) is 1. The summed E-state index contributed by atoms with van der Waals surface area (Å²) in [7, 11) is 0. The number of hydrogen-bond acceptors (Lipinski definition) is 3. The van der Waals surface area contributed by atoms with Crippen molar-refractivity contribution in [2.24, 2.45) is 0 Å². The summed E-state index contributed by atoms with van der Waals surface area (Å²) in [6, 6.07) is 2.99. The van der Waals surface area contributed by atoms with Gasteiger partial charge in [0.25, 0.3) is 5.56 Å². The Hall–Kier alpha value is -1.16. The van der Waals surface area contributed by atoms with E-state index in [0.717, 1.165) is 13.2 Å². The van der Waals surface area contributed by atoms with Crippen molar-refractivity contribution in [1.29, 1.82) is 0 Å². The topological polar surface area (TPSA) is 55.0 Å². The number of ether oxygens (including phenoxy) is 1. The summed E-state index contributed by atoms with van der Waals surface area (Å²) >= 11 is 0. The molecule has 4 heteroatoms. The Morgan fingerprint density at radius 1 is 1.11 bits per heavy atom. The fourth-order valence-corrected chi connectivity index (χ4v) is 1.32. The van der Waals surface area contributed by atoms with Crippen molar-refractivity contribution in [3.8, 4) is 0 Å². The Balaban J connectivity index is 0.000000351. The fourth-order valence-electron chi connectivity index (χ4n) is 1.32. The fraction of sp³-hybridized carbons (Fsp3) is 0.714. The van der Waals surface area contributed by atoms with Crippen LogP contribution in [0.5, 0.6) is 0 Å². The molecular weight excluding hydrogens is 228 g/mol. The summed E-state index contributed by atoms with van der Waals surface area (Å²) in [5.41, 5.74) is -0.164. The Labute approximate surface area is 110 Å². The zero-order valence-corrected chi connectivity index (χ0v) is 11.7. The van der Waals surface area contributed by atoms with Crippen LogP contribution in [0.2, 0.25) is 0 Å². The maximum atomic E-state index is 10.2. The van der Waals surface area contributed by atoms with Crippen molar-refractivity contribution in [1.82, 2.24) is 10.2 Å². The molecule has 104 valence electrons. The van der Waals surface area contributed by atoms with Gasteiger partial charge in [-0.25, -0.2) is 5.10 Å². The molecule has 18 heavy (non-hydrogen) atoms. The average Bonchev–Trinajstić information content (AvgIpc) is 2.39. The van der Waals surface area contributed by atoms with Crippen LogP contribution in [0.1, 0.15) is 52.4 Å². The van der Waals surface area contributed by atoms with Gasteiger partial charge >= 0.3 is 0 Å². The number of hydrogen-bond donors (Lipinski definition) is 1. The average molecular weight is 254 g/mol. The van der Waals surface area contributed by atoms with Gasteiger partial charge in [0.1, 0.15) is 0 Å². The van der Waals surface area contributed by atoms with Gasteiger partial charge in [0.2, 0.25) is 0 Å². The Morgan fingerprint density at radius 3 is 2.06 bits per heavy atom. The van der Waals surface area contributed by atoms with Gasteiger partial charge < -0.3 is 4.74 Å². The largest absolute Gasteiger partial charge is 0.381 e. The lowest BCUT2D eigenvalue weighted by Gasteiger charge is -2.01. The molecule has 1 N–H and O–H groups in total. The van der Waals surface area contributed by atoms with Crippen molar-refractivity contribution in [2.75, 3.05) is 13.2 Å². The number of H-pyrrole nitrogens is 1. The van der Waals surface area contributed by atoms with Gasteiger partial charge in [0.05, 0.1) is 0 Å². The van der Waals surface area contributed by atoms with Crippen LogP contribution in [0.4, 0.5) is 0 Å². The zero-order chi connectivity index (χ0) is 13.5. The van der Waals surface area contributed by atoms with Crippen molar-refractivity contribution in [3.05, 3.63) is 28.7 Å². The van der Waals surface area contributed by atoms with Gasteiger partial charge in [-0.2, -0.15) is 5.10 Å². The number of nitrogens with one attached hydrogen (secondary N) is 1. The van der Waals surface area contributed by atoms with Gasteiger partial charge in [-0.05, 0) is 18.9 Å². The molecule has 0 saturated carbocycles. The van der Waals surface area contributed by atoms with Crippen LogP contribution in [0, 0.1) is 0 Å². The van der Waals surface area contributed by atoms with Gasteiger partial charge in [-0.1, -0.05) is 39.5 Å². The van der Waals surface area contributed by atoms with E-state index in [9.17, 15) is 4.79 Å². The molecule has 1 aromatic heterocycles. The second kappa shape index (κ2) is 13.9. The second-order valence-corrected chi connectivity index (χ2v) is 4.14. The summed E-state index contributed by atoms with van der Waals surface area (Å²) in [5.74, 6) is 0. The van der Waals surface area contributed by atoms with Crippen molar-refractivity contribution < 1.29 is 4.74 Å². The summed E-state index contributed by atoms with van der Waals surface area (Å²) in [5, 5.41) is 5.67. The lowest BCUT2D eigenvalue weighted by molar-refractivity contribution is 0.126. The lowest BCUT2D eigenvalue weighted by Crippen LogP contribution is -2.02. The van der Waals surface area contributed by atoms with Crippen molar-refractivity contribution >= 4 is 0 Å². The zero-order valence-electron chi connectivity index (χ0n) is 11.7. The standard InChI is InChI=1S/C10H22O.C4H4N2O/c1-3-5-7-9-11-10-8-6-4-2;7-4-2-1-3-5-6-4/h3-10H2,1-2H3;1-3H,(H,6,7). The molecule has 0 aliphatic rings. The number of rotatable bonds is 8. The highest BCUT2D eigenvalue weighted by Crippen LogP contribution is 1.97. The van der Waals surface area contributed by atoms with E-state index < -0.39 is 0 Å². The highest BCUT2D eigenvalue weighted by atomic mass is 16.5. The monoisotopic (exact) mass is 254 g/mol. The van der Waals surface area contributed by atoms with Gasteiger partial charge in [0.15, 0.2) is 0 Å². The first-order valence-corrected chi connectivity index (χ1v) is 6.88. The molecule has 0 aliphatic heterocycles. The van der Waals surface area contributed by atoms with E-state index in [2.05, 4.69) is 24.0 Å². The molecule has 0 bridgehead atoms. The molecule has 0 radical (unpaired) electrons. The molecule has 0 unspecified atom stereocenters. The third-order valence-electron chi connectivity index (χ3n) is 2.37. The molecular formula is C14H26N2O2. The van der Waals surface area contributed by atoms with E-state index in [0.29, 0.717) is 0 Å². The summed E-state index contributed by atoms with van der Waals surface area (Å²) in [4.78, 5) is 10.2. The first-order valence-electron chi connectivity index (χ1n) is 6.88. The number of aromatic amines is 1. The van der Waals surface area contributed by atoms with E-state index in [1.807, 2.05) is 0 Å². The summed E-state index contributed by atoms with van der Waals surface area (Å²) in [6.45, 7) is 6.38. The maximum Gasteiger partial charge on any atom is 0.264 e. The second-order valence-electron chi connectivity index (χ2n) is 4.14.